The van der Waals surface area contributed by atoms with Gasteiger partial charge in [-0.25, -0.2) is 0 Å². The molecule has 1 aromatic heterocycles. The average Bonchev–Trinajstić information content (AvgIpc) is 3.70. The SMILES string of the molecule is c1ccc(-c2ccc(-c3cccc(N(c4ccc(-c5cccc(-c6ccc7ccccc7c6)c5)cc4)c4ccc(-c5ccc6sc7ccccc7c6c5)cc4)c3)cc2)cc1. The molecule has 0 N–H and O–H groups in total. The van der Waals surface area contributed by atoms with E-state index in [0.717, 1.165) is 17.1 Å². The zero-order chi connectivity index (χ0) is 39.8. The summed E-state index contributed by atoms with van der Waals surface area (Å²) in [7, 11) is 0. The van der Waals surface area contributed by atoms with Crippen LogP contribution in [0.2, 0.25) is 0 Å². The summed E-state index contributed by atoms with van der Waals surface area (Å²) in [5.41, 5.74) is 15.3. The lowest BCUT2D eigenvalue weighted by molar-refractivity contribution is 1.28. The number of rotatable bonds is 8. The second kappa shape index (κ2) is 15.3. The maximum absolute atomic E-state index is 2.37. The Bertz CT molecular complexity index is 3290. The first kappa shape index (κ1) is 35.6. The highest BCUT2D eigenvalue weighted by Crippen LogP contribution is 2.41. The molecule has 0 saturated heterocycles. The molecule has 10 aromatic carbocycles. The van der Waals surface area contributed by atoms with Crippen molar-refractivity contribution in [1.82, 2.24) is 0 Å². The van der Waals surface area contributed by atoms with Crippen LogP contribution >= 0.6 is 11.3 Å². The van der Waals surface area contributed by atoms with Crippen molar-refractivity contribution in [2.45, 2.75) is 0 Å². The molecule has 2 heteroatoms. The molecule has 0 bridgehead atoms. The first-order valence-corrected chi connectivity index (χ1v) is 21.3. The van der Waals surface area contributed by atoms with Crippen molar-refractivity contribution in [3.63, 3.8) is 0 Å². The van der Waals surface area contributed by atoms with Gasteiger partial charge in [0, 0.05) is 37.2 Å². The van der Waals surface area contributed by atoms with E-state index in [1.54, 1.807) is 0 Å². The number of anilines is 3. The molecule has 0 unspecified atom stereocenters. The number of hydrogen-bond acceptors (Lipinski definition) is 2. The van der Waals surface area contributed by atoms with Gasteiger partial charge >= 0.3 is 0 Å². The van der Waals surface area contributed by atoms with Gasteiger partial charge in [0.05, 0.1) is 0 Å². The first-order chi connectivity index (χ1) is 29.7. The highest BCUT2D eigenvalue weighted by atomic mass is 32.1. The Morgan fingerprint density at radius 3 is 1.40 bits per heavy atom. The molecule has 0 saturated carbocycles. The van der Waals surface area contributed by atoms with E-state index in [1.165, 1.54) is 86.6 Å². The normalized spacial score (nSPS) is 11.3. The van der Waals surface area contributed by atoms with E-state index in [1.807, 2.05) is 11.3 Å². The van der Waals surface area contributed by atoms with Crippen LogP contribution < -0.4 is 4.90 Å². The molecular formula is C58H39NS. The van der Waals surface area contributed by atoms with E-state index >= 15 is 0 Å². The summed E-state index contributed by atoms with van der Waals surface area (Å²) in [5, 5.41) is 5.14. The molecule has 0 aliphatic heterocycles. The highest BCUT2D eigenvalue weighted by Gasteiger charge is 2.16. The lowest BCUT2D eigenvalue weighted by Crippen LogP contribution is -2.10. The molecule has 0 fully saturated rings. The van der Waals surface area contributed by atoms with Crippen molar-refractivity contribution >= 4 is 59.3 Å². The number of hydrogen-bond donors (Lipinski definition) is 0. The summed E-state index contributed by atoms with van der Waals surface area (Å²) >= 11 is 1.86. The third kappa shape index (κ3) is 6.83. The molecule has 0 radical (unpaired) electrons. The number of thiophene rings is 1. The van der Waals surface area contributed by atoms with Crippen LogP contribution in [0.4, 0.5) is 17.1 Å². The van der Waals surface area contributed by atoms with Gasteiger partial charge in [-0.1, -0.05) is 170 Å². The molecule has 60 heavy (non-hydrogen) atoms. The fraction of sp³-hybridized carbons (Fsp3) is 0. The van der Waals surface area contributed by atoms with E-state index in [2.05, 4.69) is 241 Å². The van der Waals surface area contributed by atoms with Crippen LogP contribution in [0, 0.1) is 0 Å². The van der Waals surface area contributed by atoms with Crippen molar-refractivity contribution in [3.8, 4) is 55.6 Å². The van der Waals surface area contributed by atoms with Crippen LogP contribution in [-0.4, -0.2) is 0 Å². The van der Waals surface area contributed by atoms with Crippen molar-refractivity contribution in [1.29, 1.82) is 0 Å². The zero-order valence-corrected chi connectivity index (χ0v) is 33.7. The van der Waals surface area contributed by atoms with E-state index in [4.69, 9.17) is 0 Å². The predicted molar refractivity (Wildman–Crippen MR) is 259 cm³/mol. The van der Waals surface area contributed by atoms with E-state index < -0.39 is 0 Å². The van der Waals surface area contributed by atoms with Gasteiger partial charge in [-0.3, -0.25) is 0 Å². The van der Waals surface area contributed by atoms with Gasteiger partial charge in [0.15, 0.2) is 0 Å². The Labute approximate surface area is 354 Å². The largest absolute Gasteiger partial charge is 0.310 e. The Morgan fingerprint density at radius 2 is 0.683 bits per heavy atom. The van der Waals surface area contributed by atoms with Crippen LogP contribution in [0.1, 0.15) is 0 Å². The number of fused-ring (bicyclic) bond motifs is 4. The summed E-state index contributed by atoms with van der Waals surface area (Å²) in [6, 6.07) is 86.2. The molecule has 1 nitrogen and oxygen atoms in total. The van der Waals surface area contributed by atoms with Crippen LogP contribution in [0.15, 0.2) is 237 Å². The van der Waals surface area contributed by atoms with Crippen LogP contribution in [0.5, 0.6) is 0 Å². The molecule has 11 aromatic rings. The predicted octanol–water partition coefficient (Wildman–Crippen LogP) is 17.0. The van der Waals surface area contributed by atoms with Crippen molar-refractivity contribution in [2.75, 3.05) is 4.90 Å². The molecule has 0 aliphatic carbocycles. The lowest BCUT2D eigenvalue weighted by atomic mass is 9.97. The summed E-state index contributed by atoms with van der Waals surface area (Å²) in [4.78, 5) is 2.37. The summed E-state index contributed by atoms with van der Waals surface area (Å²) in [6.45, 7) is 0. The minimum atomic E-state index is 1.10. The fourth-order valence-corrected chi connectivity index (χ4v) is 9.60. The monoisotopic (exact) mass is 781 g/mol. The lowest BCUT2D eigenvalue weighted by Gasteiger charge is -2.26. The number of nitrogens with zero attached hydrogens (tertiary/aromatic N) is 1. The van der Waals surface area contributed by atoms with Crippen molar-refractivity contribution < 1.29 is 0 Å². The molecule has 282 valence electrons. The van der Waals surface area contributed by atoms with Crippen LogP contribution in [0.3, 0.4) is 0 Å². The molecule has 1 heterocycles. The second-order valence-corrected chi connectivity index (χ2v) is 16.5. The quantitative estimate of drug-likeness (QED) is 0.148. The van der Waals surface area contributed by atoms with Gasteiger partial charge in [0.25, 0.3) is 0 Å². The third-order valence-corrected chi connectivity index (χ3v) is 12.8. The molecule has 0 amide bonds. The smallest absolute Gasteiger partial charge is 0.0467 e. The molecule has 0 atom stereocenters. The zero-order valence-electron chi connectivity index (χ0n) is 32.9. The first-order valence-electron chi connectivity index (χ1n) is 20.5. The minimum absolute atomic E-state index is 1.10. The van der Waals surface area contributed by atoms with Crippen molar-refractivity contribution in [3.05, 3.63) is 237 Å². The highest BCUT2D eigenvalue weighted by molar-refractivity contribution is 7.25. The third-order valence-electron chi connectivity index (χ3n) is 11.7. The molecule has 11 rings (SSSR count). The number of benzene rings is 10. The topological polar surface area (TPSA) is 3.24 Å². The van der Waals surface area contributed by atoms with E-state index in [9.17, 15) is 0 Å². The van der Waals surface area contributed by atoms with Crippen molar-refractivity contribution in [2.24, 2.45) is 0 Å². The molecule has 0 spiro atoms. The van der Waals surface area contributed by atoms with E-state index in [0.29, 0.717) is 0 Å². The summed E-state index contributed by atoms with van der Waals surface area (Å²) < 4.78 is 2.65. The van der Waals surface area contributed by atoms with Crippen LogP contribution in [-0.2, 0) is 0 Å². The van der Waals surface area contributed by atoms with Gasteiger partial charge in [0.1, 0.15) is 0 Å². The standard InChI is InChI=1S/C58H39NS/c1-2-10-40(11-3-1)42-20-22-43(23-21-42)49-16-9-17-54(38-49)59(53-33-28-45(29-34-53)51-30-35-58-56(39-51)55-18-6-7-19-57(55)60-58)52-31-26-44(27-32-52)47-14-8-15-48(36-47)50-25-24-41-12-4-5-13-46(41)37-50/h1-39H. The summed E-state index contributed by atoms with van der Waals surface area (Å²) in [6.07, 6.45) is 0. The van der Waals surface area contributed by atoms with Gasteiger partial charge in [0.2, 0.25) is 0 Å². The Balaban J connectivity index is 0.953. The van der Waals surface area contributed by atoms with Crippen LogP contribution in [0.25, 0.3) is 86.6 Å². The van der Waals surface area contributed by atoms with E-state index in [-0.39, 0.29) is 0 Å². The Morgan fingerprint density at radius 1 is 0.233 bits per heavy atom. The Hall–Kier alpha value is -7.52. The second-order valence-electron chi connectivity index (χ2n) is 15.4. The molecule has 0 aliphatic rings. The summed E-state index contributed by atoms with van der Waals surface area (Å²) in [5.74, 6) is 0. The van der Waals surface area contributed by atoms with Gasteiger partial charge in [-0.05, 0) is 133 Å². The average molecular weight is 782 g/mol. The maximum atomic E-state index is 2.37. The maximum Gasteiger partial charge on any atom is 0.0467 e. The van der Waals surface area contributed by atoms with Gasteiger partial charge in [-0.2, -0.15) is 0 Å². The van der Waals surface area contributed by atoms with Gasteiger partial charge < -0.3 is 4.90 Å². The molecular weight excluding hydrogens is 743 g/mol. The fourth-order valence-electron chi connectivity index (χ4n) is 8.52. The minimum Gasteiger partial charge on any atom is -0.310 e. The Kier molecular flexibility index (Phi) is 9.11. The van der Waals surface area contributed by atoms with Gasteiger partial charge in [-0.15, -0.1) is 11.3 Å².